The fraction of sp³-hybridized carbons (Fsp3) is 0.400. The minimum absolute atomic E-state index is 0.351. The molecule has 0 fully saturated rings. The van der Waals surface area contributed by atoms with E-state index in [4.69, 9.17) is 9.47 Å². The molecular formula is C10H13NO3. The Hall–Kier alpha value is -1.58. The molecule has 76 valence electrons. The molecule has 0 aromatic carbocycles. The van der Waals surface area contributed by atoms with Gasteiger partial charge < -0.3 is 9.47 Å². The zero-order chi connectivity index (χ0) is 10.6. The Kier molecular flexibility index (Phi) is 3.45. The van der Waals surface area contributed by atoms with Gasteiger partial charge in [-0.3, -0.25) is 4.98 Å². The monoisotopic (exact) mass is 195 g/mol. The van der Waals surface area contributed by atoms with Crippen molar-refractivity contribution in [2.24, 2.45) is 0 Å². The predicted octanol–water partition coefficient (Wildman–Crippen LogP) is 1.58. The normalized spacial score (nSPS) is 9.64. The van der Waals surface area contributed by atoms with Gasteiger partial charge in [0.25, 0.3) is 0 Å². The first-order chi connectivity index (χ1) is 6.70. The lowest BCUT2D eigenvalue weighted by Gasteiger charge is -2.08. The Morgan fingerprint density at radius 2 is 2.29 bits per heavy atom. The average Bonchev–Trinajstić information content (AvgIpc) is 2.17. The first-order valence-electron chi connectivity index (χ1n) is 4.37. The van der Waals surface area contributed by atoms with Crippen molar-refractivity contribution in [2.45, 2.75) is 13.8 Å². The Labute approximate surface area is 82.9 Å². The maximum absolute atomic E-state index is 11.4. The fourth-order valence-electron chi connectivity index (χ4n) is 1.18. The van der Waals surface area contributed by atoms with Crippen LogP contribution in [-0.4, -0.2) is 24.7 Å². The number of methoxy groups -OCH3 is 1. The van der Waals surface area contributed by atoms with Crippen molar-refractivity contribution in [1.29, 1.82) is 0 Å². The van der Waals surface area contributed by atoms with Crippen LogP contribution in [0.2, 0.25) is 0 Å². The lowest BCUT2D eigenvalue weighted by molar-refractivity contribution is 0.0522. The Morgan fingerprint density at radius 1 is 1.57 bits per heavy atom. The van der Waals surface area contributed by atoms with Gasteiger partial charge in [-0.05, 0) is 19.9 Å². The van der Waals surface area contributed by atoms with Crippen molar-refractivity contribution < 1.29 is 14.3 Å². The first kappa shape index (κ1) is 10.5. The summed E-state index contributed by atoms with van der Waals surface area (Å²) in [6, 6.07) is 1.59. The van der Waals surface area contributed by atoms with E-state index in [9.17, 15) is 4.79 Å². The summed E-state index contributed by atoms with van der Waals surface area (Å²) in [5.74, 6) is 0.0980. The highest BCUT2D eigenvalue weighted by atomic mass is 16.5. The van der Waals surface area contributed by atoms with Crippen LogP contribution in [0.4, 0.5) is 0 Å². The quantitative estimate of drug-likeness (QED) is 0.687. The third kappa shape index (κ3) is 2.02. The molecule has 0 N–H and O–H groups in total. The second-order valence-electron chi connectivity index (χ2n) is 2.70. The highest BCUT2D eigenvalue weighted by Gasteiger charge is 2.15. The third-order valence-corrected chi connectivity index (χ3v) is 1.78. The van der Waals surface area contributed by atoms with Crippen LogP contribution < -0.4 is 4.74 Å². The van der Waals surface area contributed by atoms with Gasteiger partial charge in [-0.15, -0.1) is 0 Å². The molecule has 0 saturated heterocycles. The second kappa shape index (κ2) is 4.60. The number of carbonyl (C=O) groups is 1. The number of rotatable bonds is 3. The van der Waals surface area contributed by atoms with Crippen LogP contribution in [0, 0.1) is 6.92 Å². The molecule has 0 bridgehead atoms. The highest BCUT2D eigenvalue weighted by Crippen LogP contribution is 2.21. The lowest BCUT2D eigenvalue weighted by atomic mass is 10.2. The van der Waals surface area contributed by atoms with Gasteiger partial charge in [0.05, 0.1) is 19.4 Å². The molecule has 0 saturated carbocycles. The Morgan fingerprint density at radius 3 is 2.86 bits per heavy atom. The summed E-state index contributed by atoms with van der Waals surface area (Å²) in [4.78, 5) is 15.5. The summed E-state index contributed by atoms with van der Waals surface area (Å²) in [5, 5.41) is 0. The zero-order valence-electron chi connectivity index (χ0n) is 8.53. The molecule has 0 amide bonds. The predicted molar refractivity (Wildman–Crippen MR) is 51.5 cm³/mol. The second-order valence-corrected chi connectivity index (χ2v) is 2.70. The van der Waals surface area contributed by atoms with Gasteiger partial charge in [0.2, 0.25) is 0 Å². The minimum Gasteiger partial charge on any atom is -0.494 e. The fourth-order valence-corrected chi connectivity index (χ4v) is 1.18. The molecule has 1 rings (SSSR count). The third-order valence-electron chi connectivity index (χ3n) is 1.78. The van der Waals surface area contributed by atoms with Crippen molar-refractivity contribution in [3.8, 4) is 5.75 Å². The molecule has 1 aromatic heterocycles. The van der Waals surface area contributed by atoms with E-state index in [0.29, 0.717) is 23.6 Å². The molecule has 4 nitrogen and oxygen atoms in total. The van der Waals surface area contributed by atoms with Crippen molar-refractivity contribution in [2.75, 3.05) is 13.7 Å². The maximum atomic E-state index is 11.4. The number of pyridine rings is 1. The number of carbonyl (C=O) groups excluding carboxylic acids is 1. The van der Waals surface area contributed by atoms with Gasteiger partial charge in [0, 0.05) is 6.20 Å². The maximum Gasteiger partial charge on any atom is 0.342 e. The molecule has 0 spiro atoms. The van der Waals surface area contributed by atoms with Crippen LogP contribution in [0.15, 0.2) is 12.3 Å². The number of hydrogen-bond donors (Lipinski definition) is 0. The number of aryl methyl sites for hydroxylation is 1. The topological polar surface area (TPSA) is 48.4 Å². The van der Waals surface area contributed by atoms with Crippen LogP contribution in [0.1, 0.15) is 23.0 Å². The van der Waals surface area contributed by atoms with E-state index in [-0.39, 0.29) is 5.97 Å². The van der Waals surface area contributed by atoms with Gasteiger partial charge in [-0.1, -0.05) is 0 Å². The Bertz CT molecular complexity index is 336. The largest absolute Gasteiger partial charge is 0.494 e. The summed E-state index contributed by atoms with van der Waals surface area (Å²) in [5.41, 5.74) is 1.10. The summed E-state index contributed by atoms with van der Waals surface area (Å²) in [6.07, 6.45) is 1.56. The first-order valence-corrected chi connectivity index (χ1v) is 4.37. The van der Waals surface area contributed by atoms with Gasteiger partial charge in [-0.2, -0.15) is 0 Å². The number of esters is 1. The van der Waals surface area contributed by atoms with E-state index in [1.54, 1.807) is 26.1 Å². The molecule has 0 radical (unpaired) electrons. The van der Waals surface area contributed by atoms with Gasteiger partial charge in [0.15, 0.2) is 5.75 Å². The molecule has 1 aromatic rings. The van der Waals surface area contributed by atoms with Crippen molar-refractivity contribution in [1.82, 2.24) is 4.98 Å². The van der Waals surface area contributed by atoms with Crippen LogP contribution in [0.25, 0.3) is 0 Å². The summed E-state index contributed by atoms with van der Waals surface area (Å²) >= 11 is 0. The van der Waals surface area contributed by atoms with Crippen LogP contribution in [-0.2, 0) is 4.74 Å². The van der Waals surface area contributed by atoms with E-state index >= 15 is 0 Å². The number of hydrogen-bond acceptors (Lipinski definition) is 4. The van der Waals surface area contributed by atoms with Crippen LogP contribution >= 0.6 is 0 Å². The van der Waals surface area contributed by atoms with Crippen molar-refractivity contribution in [3.63, 3.8) is 0 Å². The number of aromatic nitrogens is 1. The summed E-state index contributed by atoms with van der Waals surface area (Å²) in [6.45, 7) is 3.89. The lowest BCUT2D eigenvalue weighted by Crippen LogP contribution is -2.08. The number of ether oxygens (including phenoxy) is 2. The molecule has 0 aliphatic rings. The Balaban J connectivity index is 3.07. The van der Waals surface area contributed by atoms with Gasteiger partial charge in [0.1, 0.15) is 5.56 Å². The molecule has 1 heterocycles. The highest BCUT2D eigenvalue weighted by molar-refractivity contribution is 5.92. The van der Waals surface area contributed by atoms with E-state index in [1.807, 2.05) is 0 Å². The van der Waals surface area contributed by atoms with E-state index in [0.717, 1.165) is 0 Å². The molecule has 0 aliphatic carbocycles. The summed E-state index contributed by atoms with van der Waals surface area (Å²) < 4.78 is 9.96. The molecular weight excluding hydrogens is 182 g/mol. The van der Waals surface area contributed by atoms with E-state index < -0.39 is 0 Å². The molecule has 14 heavy (non-hydrogen) atoms. The molecule has 0 aliphatic heterocycles. The van der Waals surface area contributed by atoms with Crippen LogP contribution in [0.5, 0.6) is 5.75 Å². The average molecular weight is 195 g/mol. The number of nitrogens with zero attached hydrogens (tertiary/aromatic N) is 1. The zero-order valence-corrected chi connectivity index (χ0v) is 8.53. The SMILES string of the molecule is CCOC(=O)c1ccnc(C)c1OC. The van der Waals surface area contributed by atoms with Crippen LogP contribution in [0.3, 0.4) is 0 Å². The molecule has 4 heteroatoms. The standard InChI is InChI=1S/C10H13NO3/c1-4-14-10(12)8-5-6-11-7(2)9(8)13-3/h5-6H,4H2,1-3H3. The van der Waals surface area contributed by atoms with Crippen molar-refractivity contribution >= 4 is 5.97 Å². The van der Waals surface area contributed by atoms with Gasteiger partial charge in [-0.25, -0.2) is 4.79 Å². The van der Waals surface area contributed by atoms with E-state index in [2.05, 4.69) is 4.98 Å². The summed E-state index contributed by atoms with van der Waals surface area (Å²) in [7, 11) is 1.51. The van der Waals surface area contributed by atoms with Crippen molar-refractivity contribution in [3.05, 3.63) is 23.5 Å². The molecule has 0 atom stereocenters. The molecule has 0 unspecified atom stereocenters. The minimum atomic E-state index is -0.380. The smallest absolute Gasteiger partial charge is 0.342 e. The van der Waals surface area contributed by atoms with Gasteiger partial charge >= 0.3 is 5.97 Å². The van der Waals surface area contributed by atoms with E-state index in [1.165, 1.54) is 7.11 Å².